The number of fused-ring (bicyclic) bond motifs is 1. The molecule has 0 atom stereocenters. The van der Waals surface area contributed by atoms with E-state index in [-0.39, 0.29) is 5.78 Å². The van der Waals surface area contributed by atoms with Gasteiger partial charge in [0.15, 0.2) is 5.78 Å². The molecule has 1 aromatic carbocycles. The van der Waals surface area contributed by atoms with Gasteiger partial charge in [-0.3, -0.25) is 9.78 Å². The predicted molar refractivity (Wildman–Crippen MR) is 76.3 cm³/mol. The number of nitrogens with zero attached hydrogens (tertiary/aromatic N) is 1. The fraction of sp³-hybridized carbons (Fsp3) is 0.125. The van der Waals surface area contributed by atoms with Gasteiger partial charge in [-0.15, -0.1) is 0 Å². The molecule has 2 aromatic rings. The molecule has 0 saturated heterocycles. The second-order valence-corrected chi connectivity index (χ2v) is 5.02. The summed E-state index contributed by atoms with van der Waals surface area (Å²) >= 11 is 5.96. The Labute approximate surface area is 116 Å². The smallest absolute Gasteiger partial charge is 0.189 e. The van der Waals surface area contributed by atoms with E-state index in [4.69, 9.17) is 11.6 Å². The van der Waals surface area contributed by atoms with Crippen LogP contribution in [0.4, 0.5) is 0 Å². The first-order chi connectivity index (χ1) is 9.24. The Morgan fingerprint density at radius 3 is 2.68 bits per heavy atom. The number of benzene rings is 1. The van der Waals surface area contributed by atoms with Crippen LogP contribution in [0.1, 0.15) is 27.9 Å². The summed E-state index contributed by atoms with van der Waals surface area (Å²) < 4.78 is 0. The minimum atomic E-state index is 0.106. The molecule has 1 heterocycles. The van der Waals surface area contributed by atoms with Gasteiger partial charge in [-0.05, 0) is 60.4 Å². The van der Waals surface area contributed by atoms with Crippen molar-refractivity contribution in [3.05, 3.63) is 70.0 Å². The van der Waals surface area contributed by atoms with Gasteiger partial charge < -0.3 is 0 Å². The van der Waals surface area contributed by atoms with Crippen LogP contribution in [-0.4, -0.2) is 10.8 Å². The molecule has 0 amide bonds. The number of Topliss-reactive ketones (excluding diaryl/α,β-unsaturated/α-hetero) is 1. The average Bonchev–Trinajstić information content (AvgIpc) is 2.43. The number of halogens is 1. The maximum atomic E-state index is 12.4. The van der Waals surface area contributed by atoms with Crippen LogP contribution < -0.4 is 0 Å². The summed E-state index contributed by atoms with van der Waals surface area (Å²) in [6.45, 7) is 0. The third-order valence-corrected chi connectivity index (χ3v) is 3.55. The minimum absolute atomic E-state index is 0.106. The Bertz CT molecular complexity index is 662. The molecule has 0 saturated carbocycles. The van der Waals surface area contributed by atoms with E-state index in [9.17, 15) is 4.79 Å². The van der Waals surface area contributed by atoms with E-state index in [1.807, 2.05) is 30.3 Å². The molecule has 0 unspecified atom stereocenters. The van der Waals surface area contributed by atoms with Crippen molar-refractivity contribution >= 4 is 23.5 Å². The number of rotatable bonds is 1. The van der Waals surface area contributed by atoms with E-state index < -0.39 is 0 Å². The van der Waals surface area contributed by atoms with Crippen molar-refractivity contribution in [2.24, 2.45) is 0 Å². The van der Waals surface area contributed by atoms with E-state index in [0.29, 0.717) is 5.02 Å². The van der Waals surface area contributed by atoms with E-state index >= 15 is 0 Å². The van der Waals surface area contributed by atoms with Crippen molar-refractivity contribution < 1.29 is 4.79 Å². The van der Waals surface area contributed by atoms with Crippen LogP contribution in [0.5, 0.6) is 0 Å². The number of allylic oxidation sites excluding steroid dienone is 1. The molecule has 1 aromatic heterocycles. The summed E-state index contributed by atoms with van der Waals surface area (Å²) in [5.41, 5.74) is 3.68. The molecule has 3 rings (SSSR count). The summed E-state index contributed by atoms with van der Waals surface area (Å²) in [6, 6.07) is 9.28. The number of hydrogen-bond acceptors (Lipinski definition) is 2. The molecule has 0 N–H and O–H groups in total. The summed E-state index contributed by atoms with van der Waals surface area (Å²) in [7, 11) is 0. The lowest BCUT2D eigenvalue weighted by atomic mass is 9.86. The summed E-state index contributed by atoms with van der Waals surface area (Å²) in [4.78, 5) is 16.4. The maximum Gasteiger partial charge on any atom is 0.189 e. The molecule has 1 aliphatic carbocycles. The van der Waals surface area contributed by atoms with Gasteiger partial charge in [-0.1, -0.05) is 11.6 Å². The average molecular weight is 270 g/mol. The molecular formula is C16H12ClNO. The van der Waals surface area contributed by atoms with Gasteiger partial charge in [0.25, 0.3) is 0 Å². The monoisotopic (exact) mass is 269 g/mol. The number of carbonyl (C=O) groups is 1. The van der Waals surface area contributed by atoms with Crippen molar-refractivity contribution in [3.8, 4) is 0 Å². The number of ketones is 1. The zero-order valence-electron chi connectivity index (χ0n) is 10.3. The van der Waals surface area contributed by atoms with E-state index in [1.54, 1.807) is 18.5 Å². The highest BCUT2D eigenvalue weighted by molar-refractivity contribution is 6.31. The first kappa shape index (κ1) is 12.1. The number of aromatic nitrogens is 1. The first-order valence-corrected chi connectivity index (χ1v) is 6.55. The second kappa shape index (κ2) is 4.98. The lowest BCUT2D eigenvalue weighted by Crippen LogP contribution is -2.13. The highest BCUT2D eigenvalue weighted by atomic mass is 35.5. The second-order valence-electron chi connectivity index (χ2n) is 4.58. The topological polar surface area (TPSA) is 30.0 Å². The van der Waals surface area contributed by atoms with Gasteiger partial charge in [0.2, 0.25) is 0 Å². The zero-order valence-corrected chi connectivity index (χ0v) is 11.0. The van der Waals surface area contributed by atoms with Crippen molar-refractivity contribution in [3.63, 3.8) is 0 Å². The molecule has 0 radical (unpaired) electrons. The molecule has 1 aliphatic rings. The minimum Gasteiger partial charge on any atom is -0.289 e. The van der Waals surface area contributed by atoms with Crippen LogP contribution in [0.15, 0.2) is 48.3 Å². The Balaban J connectivity index is 1.98. The highest BCUT2D eigenvalue weighted by Crippen LogP contribution is 2.28. The standard InChI is InChI=1S/C16H12ClNO/c17-14-3-4-15-12(10-14)1-2-13(16(15)19)9-11-5-7-18-8-6-11/h3-10H,1-2H2. The fourth-order valence-corrected chi connectivity index (χ4v) is 2.54. The predicted octanol–water partition coefficient (Wildman–Crippen LogP) is 3.95. The lowest BCUT2D eigenvalue weighted by molar-refractivity contribution is 0.102. The molecular weight excluding hydrogens is 258 g/mol. The zero-order chi connectivity index (χ0) is 13.2. The van der Waals surface area contributed by atoms with Crippen molar-refractivity contribution in [1.82, 2.24) is 4.98 Å². The van der Waals surface area contributed by atoms with Crippen LogP contribution in [0.25, 0.3) is 6.08 Å². The normalized spacial score (nSPS) is 16.5. The molecule has 0 fully saturated rings. The first-order valence-electron chi connectivity index (χ1n) is 6.18. The van der Waals surface area contributed by atoms with Gasteiger partial charge in [0, 0.05) is 28.6 Å². The van der Waals surface area contributed by atoms with Gasteiger partial charge in [0.1, 0.15) is 0 Å². The number of pyridine rings is 1. The van der Waals surface area contributed by atoms with Crippen LogP contribution >= 0.6 is 11.6 Å². The Kier molecular flexibility index (Phi) is 3.18. The SMILES string of the molecule is O=C1C(=Cc2ccncc2)CCc2cc(Cl)ccc21. The van der Waals surface area contributed by atoms with Gasteiger partial charge in [-0.25, -0.2) is 0 Å². The molecule has 3 heteroatoms. The summed E-state index contributed by atoms with van der Waals surface area (Å²) in [5, 5.41) is 0.688. The van der Waals surface area contributed by atoms with Crippen molar-refractivity contribution in [1.29, 1.82) is 0 Å². The molecule has 0 aliphatic heterocycles. The van der Waals surface area contributed by atoms with Crippen molar-refractivity contribution in [2.75, 3.05) is 0 Å². The van der Waals surface area contributed by atoms with E-state index in [1.165, 1.54) is 0 Å². The van der Waals surface area contributed by atoms with Gasteiger partial charge in [-0.2, -0.15) is 0 Å². The Hall–Kier alpha value is -1.93. The quantitative estimate of drug-likeness (QED) is 0.734. The lowest BCUT2D eigenvalue weighted by Gasteiger charge is -2.17. The van der Waals surface area contributed by atoms with Crippen LogP contribution in [0, 0.1) is 0 Å². The summed E-state index contributed by atoms with van der Waals surface area (Å²) in [6.07, 6.45) is 7.02. The molecule has 2 nitrogen and oxygen atoms in total. The van der Waals surface area contributed by atoms with Gasteiger partial charge >= 0.3 is 0 Å². The van der Waals surface area contributed by atoms with E-state index in [0.717, 1.165) is 35.1 Å². The number of carbonyl (C=O) groups excluding carboxylic acids is 1. The maximum absolute atomic E-state index is 12.4. The van der Waals surface area contributed by atoms with Crippen LogP contribution in [0.2, 0.25) is 5.02 Å². The molecule has 0 bridgehead atoms. The number of hydrogen-bond donors (Lipinski definition) is 0. The van der Waals surface area contributed by atoms with Crippen LogP contribution in [-0.2, 0) is 6.42 Å². The Morgan fingerprint density at radius 2 is 1.89 bits per heavy atom. The van der Waals surface area contributed by atoms with E-state index in [2.05, 4.69) is 4.98 Å². The molecule has 19 heavy (non-hydrogen) atoms. The van der Waals surface area contributed by atoms with Crippen molar-refractivity contribution in [2.45, 2.75) is 12.8 Å². The third kappa shape index (κ3) is 2.45. The largest absolute Gasteiger partial charge is 0.289 e. The van der Waals surface area contributed by atoms with Crippen LogP contribution in [0.3, 0.4) is 0 Å². The summed E-state index contributed by atoms with van der Waals surface area (Å²) in [5.74, 6) is 0.106. The fourth-order valence-electron chi connectivity index (χ4n) is 2.35. The highest BCUT2D eigenvalue weighted by Gasteiger charge is 2.21. The molecule has 0 spiro atoms. The number of aryl methyl sites for hydroxylation is 1. The third-order valence-electron chi connectivity index (χ3n) is 3.31. The van der Waals surface area contributed by atoms with Gasteiger partial charge in [0.05, 0.1) is 0 Å². The Morgan fingerprint density at radius 1 is 1.11 bits per heavy atom. The molecule has 94 valence electrons.